The molecule has 1 aromatic carbocycles. The van der Waals surface area contributed by atoms with Gasteiger partial charge in [-0.25, -0.2) is 4.98 Å². The highest BCUT2D eigenvalue weighted by Crippen LogP contribution is 2.23. The first kappa shape index (κ1) is 16.7. The van der Waals surface area contributed by atoms with Crippen molar-refractivity contribution in [3.63, 3.8) is 0 Å². The van der Waals surface area contributed by atoms with Gasteiger partial charge < -0.3 is 10.3 Å². The van der Waals surface area contributed by atoms with Crippen LogP contribution in [0, 0.1) is 11.3 Å². The fourth-order valence-corrected chi connectivity index (χ4v) is 3.01. The van der Waals surface area contributed by atoms with Crippen molar-refractivity contribution in [2.24, 2.45) is 0 Å². The minimum Gasteiger partial charge on any atom is -0.348 e. The van der Waals surface area contributed by atoms with Gasteiger partial charge in [0, 0.05) is 11.6 Å². The third-order valence-electron chi connectivity index (χ3n) is 4.33. The third kappa shape index (κ3) is 3.33. The highest BCUT2D eigenvalue weighted by Gasteiger charge is 2.14. The fraction of sp³-hybridized carbons (Fsp3) is 0.150. The first-order valence-corrected chi connectivity index (χ1v) is 8.52. The molecule has 0 unspecified atom stereocenters. The van der Waals surface area contributed by atoms with Crippen LogP contribution >= 0.6 is 0 Å². The number of nitriles is 1. The lowest BCUT2D eigenvalue weighted by Gasteiger charge is -2.12. The summed E-state index contributed by atoms with van der Waals surface area (Å²) in [5.41, 5.74) is 3.54. The van der Waals surface area contributed by atoms with E-state index in [1.807, 2.05) is 25.1 Å². The number of aromatic amines is 1. The van der Waals surface area contributed by atoms with Crippen molar-refractivity contribution in [2.75, 3.05) is 0 Å². The van der Waals surface area contributed by atoms with Crippen LogP contribution in [-0.4, -0.2) is 25.8 Å². The molecule has 0 saturated heterocycles. The van der Waals surface area contributed by atoms with Gasteiger partial charge >= 0.3 is 0 Å². The van der Waals surface area contributed by atoms with Crippen molar-refractivity contribution in [1.82, 2.24) is 25.3 Å². The van der Waals surface area contributed by atoms with Crippen LogP contribution in [0.25, 0.3) is 21.9 Å². The van der Waals surface area contributed by atoms with Gasteiger partial charge in [0.05, 0.1) is 52.5 Å². The number of fused-ring (bicyclic) bond motifs is 3. The highest BCUT2D eigenvalue weighted by molar-refractivity contribution is 6.02. The molecule has 0 radical (unpaired) electrons. The zero-order chi connectivity index (χ0) is 18.8. The monoisotopic (exact) mass is 356 g/mol. The van der Waals surface area contributed by atoms with E-state index < -0.39 is 0 Å². The Labute approximate surface area is 155 Å². The van der Waals surface area contributed by atoms with Gasteiger partial charge in [-0.3, -0.25) is 14.8 Å². The Bertz CT molecular complexity index is 1180. The van der Waals surface area contributed by atoms with Crippen LogP contribution < -0.4 is 5.32 Å². The summed E-state index contributed by atoms with van der Waals surface area (Å²) in [7, 11) is 0. The zero-order valence-corrected chi connectivity index (χ0v) is 14.6. The summed E-state index contributed by atoms with van der Waals surface area (Å²) in [4.78, 5) is 28.7. The molecule has 0 bridgehead atoms. The Hall–Kier alpha value is -3.79. The quantitative estimate of drug-likeness (QED) is 0.585. The SMILES string of the molecule is C[C@@H](NC(=O)Cc1nc2c(cnc3ccc(C#N)cc32)[nH]1)c1ccccn1. The molecule has 4 rings (SSSR count). The first-order valence-electron chi connectivity index (χ1n) is 8.52. The number of rotatable bonds is 4. The first-order chi connectivity index (χ1) is 13.1. The number of benzene rings is 1. The fourth-order valence-electron chi connectivity index (χ4n) is 3.01. The van der Waals surface area contributed by atoms with Gasteiger partial charge in [0.2, 0.25) is 5.91 Å². The molecular formula is C20H16N6O. The molecule has 132 valence electrons. The van der Waals surface area contributed by atoms with Crippen LogP contribution in [0.5, 0.6) is 0 Å². The van der Waals surface area contributed by atoms with Crippen molar-refractivity contribution in [3.05, 3.63) is 65.9 Å². The maximum atomic E-state index is 12.4. The number of pyridine rings is 2. The Morgan fingerprint density at radius 1 is 1.30 bits per heavy atom. The molecule has 4 aromatic rings. The largest absolute Gasteiger partial charge is 0.348 e. The maximum Gasteiger partial charge on any atom is 0.228 e. The van der Waals surface area contributed by atoms with Crippen LogP contribution in [0.4, 0.5) is 0 Å². The minimum absolute atomic E-state index is 0.116. The summed E-state index contributed by atoms with van der Waals surface area (Å²) >= 11 is 0. The molecule has 3 heterocycles. The second kappa shape index (κ2) is 6.84. The smallest absolute Gasteiger partial charge is 0.228 e. The Morgan fingerprint density at radius 3 is 2.96 bits per heavy atom. The van der Waals surface area contributed by atoms with Crippen molar-refractivity contribution in [3.8, 4) is 6.07 Å². The van der Waals surface area contributed by atoms with E-state index >= 15 is 0 Å². The van der Waals surface area contributed by atoms with Gasteiger partial charge in [0.1, 0.15) is 5.82 Å². The minimum atomic E-state index is -0.191. The van der Waals surface area contributed by atoms with E-state index in [2.05, 4.69) is 31.3 Å². The molecule has 0 fully saturated rings. The molecule has 1 atom stereocenters. The predicted octanol–water partition coefficient (Wildman–Crippen LogP) is 2.80. The van der Waals surface area contributed by atoms with E-state index in [1.165, 1.54) is 0 Å². The highest BCUT2D eigenvalue weighted by atomic mass is 16.1. The number of H-pyrrole nitrogens is 1. The van der Waals surface area contributed by atoms with Gasteiger partial charge in [-0.1, -0.05) is 6.07 Å². The molecule has 3 aromatic heterocycles. The normalized spacial score (nSPS) is 12.0. The van der Waals surface area contributed by atoms with Crippen LogP contribution in [0.3, 0.4) is 0 Å². The zero-order valence-electron chi connectivity index (χ0n) is 14.6. The van der Waals surface area contributed by atoms with Crippen molar-refractivity contribution < 1.29 is 4.79 Å². The van der Waals surface area contributed by atoms with Gasteiger partial charge in [0.15, 0.2) is 0 Å². The number of hydrogen-bond acceptors (Lipinski definition) is 5. The molecule has 0 spiro atoms. The van der Waals surface area contributed by atoms with Gasteiger partial charge in [-0.15, -0.1) is 0 Å². The molecule has 27 heavy (non-hydrogen) atoms. The number of carbonyl (C=O) groups excluding carboxylic acids is 1. The maximum absolute atomic E-state index is 12.4. The molecule has 0 aliphatic rings. The van der Waals surface area contributed by atoms with Crippen molar-refractivity contribution in [2.45, 2.75) is 19.4 Å². The Balaban J connectivity index is 1.58. The van der Waals surface area contributed by atoms with E-state index in [4.69, 9.17) is 5.26 Å². The summed E-state index contributed by atoms with van der Waals surface area (Å²) in [5.74, 6) is 0.398. The van der Waals surface area contributed by atoms with Crippen LogP contribution in [0.1, 0.15) is 30.0 Å². The van der Waals surface area contributed by atoms with Gasteiger partial charge in [0.25, 0.3) is 0 Å². The lowest BCUT2D eigenvalue weighted by Crippen LogP contribution is -2.28. The number of carbonyl (C=O) groups is 1. The lowest BCUT2D eigenvalue weighted by molar-refractivity contribution is -0.121. The summed E-state index contributed by atoms with van der Waals surface area (Å²) in [5, 5.41) is 12.8. The third-order valence-corrected chi connectivity index (χ3v) is 4.33. The molecule has 2 N–H and O–H groups in total. The van der Waals surface area contributed by atoms with Crippen molar-refractivity contribution >= 4 is 27.8 Å². The second-order valence-electron chi connectivity index (χ2n) is 6.27. The number of imidazole rings is 1. The van der Waals surface area contributed by atoms with E-state index in [-0.39, 0.29) is 18.4 Å². The molecule has 0 aliphatic carbocycles. The lowest BCUT2D eigenvalue weighted by atomic mass is 10.1. The molecule has 0 saturated carbocycles. The summed E-state index contributed by atoms with van der Waals surface area (Å²) < 4.78 is 0. The van der Waals surface area contributed by atoms with Crippen LogP contribution in [-0.2, 0) is 11.2 Å². The molecule has 7 heteroatoms. The molecule has 7 nitrogen and oxygen atoms in total. The summed E-state index contributed by atoms with van der Waals surface area (Å²) in [6, 6.07) is 12.8. The van der Waals surface area contributed by atoms with E-state index in [1.54, 1.807) is 30.6 Å². The average molecular weight is 356 g/mol. The average Bonchev–Trinajstić information content (AvgIpc) is 3.10. The second-order valence-corrected chi connectivity index (χ2v) is 6.27. The Kier molecular flexibility index (Phi) is 4.22. The number of nitrogens with zero attached hydrogens (tertiary/aromatic N) is 4. The number of hydrogen-bond donors (Lipinski definition) is 2. The summed E-state index contributed by atoms with van der Waals surface area (Å²) in [6.07, 6.45) is 3.50. The topological polar surface area (TPSA) is 107 Å². The van der Waals surface area contributed by atoms with Gasteiger partial charge in [-0.2, -0.15) is 5.26 Å². The molecule has 0 aliphatic heterocycles. The standard InChI is InChI=1S/C20H16N6O/c1-12(15-4-2-3-7-22-15)24-19(27)9-18-25-17-11-23-16-6-5-13(10-21)8-14(16)20(17)26-18/h2-8,11-12H,9H2,1H3,(H,24,27)(H,25,26)/t12-/m1/s1. The Morgan fingerprint density at radius 2 is 2.19 bits per heavy atom. The summed E-state index contributed by atoms with van der Waals surface area (Å²) in [6.45, 7) is 1.89. The number of amides is 1. The van der Waals surface area contributed by atoms with Crippen LogP contribution in [0.2, 0.25) is 0 Å². The molecule has 1 amide bonds. The van der Waals surface area contributed by atoms with Crippen LogP contribution in [0.15, 0.2) is 48.8 Å². The van der Waals surface area contributed by atoms with E-state index in [0.29, 0.717) is 16.9 Å². The van der Waals surface area contributed by atoms with E-state index in [0.717, 1.165) is 22.1 Å². The molecular weight excluding hydrogens is 340 g/mol. The predicted molar refractivity (Wildman–Crippen MR) is 101 cm³/mol. The van der Waals surface area contributed by atoms with Gasteiger partial charge in [-0.05, 0) is 37.3 Å². The van der Waals surface area contributed by atoms with Crippen molar-refractivity contribution in [1.29, 1.82) is 5.26 Å². The number of nitrogens with one attached hydrogen (secondary N) is 2. The van der Waals surface area contributed by atoms with E-state index in [9.17, 15) is 4.79 Å². The number of aromatic nitrogens is 4.